The molecule has 10 unspecified atom stereocenters. The van der Waals surface area contributed by atoms with E-state index in [9.17, 15) is 74.4 Å². The number of aliphatic hydroxyl groups is 8. The lowest BCUT2D eigenvalue weighted by Gasteiger charge is -2.47. The molecule has 99 heavy (non-hydrogen) atoms. The molecule has 0 spiro atoms. The minimum atomic E-state index is -2.20. The zero-order valence-electron chi connectivity index (χ0n) is 54.4. The SMILES string of the molecule is Cc1c(N)nc([C@H](CC(N)=O)NC[C@H](N)C(N)=O)nc1C(=O)N[C@H](C(=O)N[C@H](C)[C@@H](O)[C@H](C)C(=O)N[C@H](C(=O)NCCc1nc(-c2nc(C(=O)NCCCNCCCCN)cs2)cs1)[C@@H](C)O)[C@@H](OC1OC(CO)C(O)C(O)C1OC1OC(CO)C(O)C(OC(N)=O)C1O)c1cnc[nH]1. The van der Waals surface area contributed by atoms with Crippen molar-refractivity contribution in [3.05, 3.63) is 56.8 Å². The first-order chi connectivity index (χ1) is 47.0. The van der Waals surface area contributed by atoms with Crippen LogP contribution in [0.2, 0.25) is 0 Å². The van der Waals surface area contributed by atoms with Gasteiger partial charge in [0.05, 0.1) is 72.7 Å². The monoisotopic (exact) mass is 1440 g/mol. The molecule has 0 radical (unpaired) electrons. The van der Waals surface area contributed by atoms with Crippen LogP contribution in [0.15, 0.2) is 23.3 Å². The van der Waals surface area contributed by atoms with Crippen LogP contribution in [0.1, 0.15) is 102 Å². The molecule has 8 amide bonds. The Bertz CT molecular complexity index is 3320. The number of anilines is 1. The number of imidazole rings is 1. The Morgan fingerprint density at radius 3 is 2.09 bits per heavy atom. The number of ether oxygens (including phenoxy) is 5. The number of aromatic nitrogens is 6. The molecule has 0 aromatic carbocycles. The Kier molecular flexibility index (Phi) is 30.9. The van der Waals surface area contributed by atoms with Crippen molar-refractivity contribution in [2.24, 2.45) is 34.6 Å². The molecule has 19 atom stereocenters. The number of rotatable bonds is 39. The number of H-pyrrole nitrogens is 1. The van der Waals surface area contributed by atoms with Gasteiger partial charge in [-0.15, -0.1) is 22.7 Å². The number of aromatic amines is 1. The fourth-order valence-corrected chi connectivity index (χ4v) is 11.8. The number of nitrogen functional groups attached to an aromatic ring is 1. The van der Waals surface area contributed by atoms with E-state index in [0.717, 1.165) is 44.9 Å². The number of nitrogens with two attached hydrogens (primary N) is 6. The predicted octanol–water partition coefficient (Wildman–Crippen LogP) is -8.25. The molecule has 0 aliphatic carbocycles. The number of nitrogens with zero attached hydrogens (tertiary/aromatic N) is 5. The molecule has 4 aromatic rings. The Balaban J connectivity index is 1.23. The molecule has 6 rings (SSSR count). The number of carbonyl (C=O) groups excluding carboxylic acids is 8. The van der Waals surface area contributed by atoms with Crippen LogP contribution < -0.4 is 71.6 Å². The van der Waals surface area contributed by atoms with Gasteiger partial charge in [-0.2, -0.15) is 0 Å². The molecule has 42 heteroatoms. The van der Waals surface area contributed by atoms with Gasteiger partial charge < -0.3 is 141 Å². The average molecular weight is 1440 g/mol. The smallest absolute Gasteiger partial charge is 0.404 e. The van der Waals surface area contributed by atoms with Crippen LogP contribution in [-0.4, -0.2) is 268 Å². The third-order valence-electron chi connectivity index (χ3n) is 15.9. The largest absolute Gasteiger partial charge is 0.441 e. The number of unbranched alkanes of at least 4 members (excludes halogenated alkanes) is 1. The molecular formula is C57H89N19O21S2. The molecule has 2 saturated heterocycles. The number of carbonyl (C=O) groups is 8. The van der Waals surface area contributed by atoms with Gasteiger partial charge in [0.25, 0.3) is 11.8 Å². The average Bonchev–Trinajstić information content (AvgIpc) is 1.07. The Morgan fingerprint density at radius 2 is 1.44 bits per heavy atom. The Hall–Kier alpha value is -7.73. The van der Waals surface area contributed by atoms with Crippen molar-refractivity contribution in [1.82, 2.24) is 67.1 Å². The highest BCUT2D eigenvalue weighted by Crippen LogP contribution is 2.35. The molecule has 0 bridgehead atoms. The van der Waals surface area contributed by atoms with Crippen LogP contribution in [0.25, 0.3) is 10.7 Å². The van der Waals surface area contributed by atoms with Crippen molar-refractivity contribution < 1.29 is 103 Å². The lowest BCUT2D eigenvalue weighted by molar-refractivity contribution is -0.372. The van der Waals surface area contributed by atoms with Crippen LogP contribution >= 0.6 is 22.7 Å². The van der Waals surface area contributed by atoms with Gasteiger partial charge in [0.1, 0.15) is 94.6 Å². The van der Waals surface area contributed by atoms with Crippen LogP contribution in [0.4, 0.5) is 10.6 Å². The molecule has 2 fully saturated rings. The minimum absolute atomic E-state index is 0.0140. The molecular weight excluding hydrogens is 1350 g/mol. The molecule has 2 aliphatic heterocycles. The first-order valence-electron chi connectivity index (χ1n) is 31.4. The number of primary amides is 3. The lowest BCUT2D eigenvalue weighted by atomic mass is 9.96. The highest BCUT2D eigenvalue weighted by Gasteiger charge is 2.54. The van der Waals surface area contributed by atoms with E-state index in [1.807, 2.05) is 0 Å². The zero-order chi connectivity index (χ0) is 72.9. The van der Waals surface area contributed by atoms with Gasteiger partial charge >= 0.3 is 6.09 Å². The molecule has 4 aromatic heterocycles. The number of aliphatic hydroxyl groups excluding tert-OH is 8. The number of amides is 8. The van der Waals surface area contributed by atoms with Crippen LogP contribution in [0, 0.1) is 12.8 Å². The van der Waals surface area contributed by atoms with Gasteiger partial charge in [-0.3, -0.25) is 33.6 Å². The second kappa shape index (κ2) is 38.2. The Morgan fingerprint density at radius 1 is 0.747 bits per heavy atom. The number of hydrogen-bond donors (Lipinski definition) is 22. The van der Waals surface area contributed by atoms with Crippen molar-refractivity contribution in [1.29, 1.82) is 0 Å². The summed E-state index contributed by atoms with van der Waals surface area (Å²) in [4.78, 5) is 131. The zero-order valence-corrected chi connectivity index (χ0v) is 56.0. The molecule has 0 saturated carbocycles. The quantitative estimate of drug-likeness (QED) is 0.0185. The second-order valence-electron chi connectivity index (χ2n) is 23.4. The number of thiazole rings is 2. The summed E-state index contributed by atoms with van der Waals surface area (Å²) in [7, 11) is 0. The summed E-state index contributed by atoms with van der Waals surface area (Å²) in [5.41, 5.74) is 33.6. The summed E-state index contributed by atoms with van der Waals surface area (Å²) < 4.78 is 28.7. The fourth-order valence-electron chi connectivity index (χ4n) is 10.2. The van der Waals surface area contributed by atoms with Crippen LogP contribution in [0.3, 0.4) is 0 Å². The fraction of sp³-hybridized carbons (Fsp3) is 0.632. The second-order valence-corrected chi connectivity index (χ2v) is 25.2. The third-order valence-corrected chi connectivity index (χ3v) is 17.7. The molecule has 550 valence electrons. The van der Waals surface area contributed by atoms with Gasteiger partial charge in [0, 0.05) is 48.8 Å². The van der Waals surface area contributed by atoms with Crippen molar-refractivity contribution >= 4 is 75.9 Å². The normalized spacial score (nSPS) is 23.6. The van der Waals surface area contributed by atoms with Gasteiger partial charge in [0.15, 0.2) is 18.7 Å². The van der Waals surface area contributed by atoms with Crippen LogP contribution in [-0.2, 0) is 54.1 Å². The van der Waals surface area contributed by atoms with E-state index >= 15 is 4.79 Å². The summed E-state index contributed by atoms with van der Waals surface area (Å²) in [6, 6.07) is -7.87. The first kappa shape index (κ1) is 80.2. The highest BCUT2D eigenvalue weighted by molar-refractivity contribution is 7.14. The maximum absolute atomic E-state index is 15.2. The van der Waals surface area contributed by atoms with E-state index in [-0.39, 0.29) is 54.0 Å². The summed E-state index contributed by atoms with van der Waals surface area (Å²) in [5, 5.41) is 111. The molecule has 40 nitrogen and oxygen atoms in total. The maximum Gasteiger partial charge on any atom is 0.404 e. The summed E-state index contributed by atoms with van der Waals surface area (Å²) in [5.74, 6) is -8.74. The summed E-state index contributed by atoms with van der Waals surface area (Å²) in [6.45, 7) is 5.29. The topological polar surface area (TPSA) is 665 Å². The standard InChI is InChI=1S/C57H89N19O21S2/c1-22-35(73-48(76-46(22)61)27(14-33(60)80)68-15-26(59)47(62)86)52(90)75-37(43(28-16-65-21-69-28)95-56-45(41(84)39(82)31(17-77)94-56)96-55-42(85)44(97-57(63)92)40(83)32(18-78)93-55)53(91)70-24(3)38(81)23(2)49(87)74-36(25(4)79)51(89)67-13-8-34-71-30(20-98-34)54-72-29(19-99-54)50(88)66-12-7-11-64-10-6-5-9-58/h16,19-21,23-27,31-32,36-45,55-56,64,68,77-79,81-85H,5-15,17-18,58-59H2,1-4H3,(H2,60,80)(H2,62,86)(H2,63,92)(H,65,69)(H,66,88)(H,67,89)(H,70,91)(H,74,87)(H,75,90)(H2,61,73,76)/t23-,24+,25+,26-,27-,31?,32?,36-,37-,38-,39?,40?,41?,42?,43-,44?,45?,55?,56?/m0/s1. The molecule has 28 N–H and O–H groups in total. The van der Waals surface area contributed by atoms with Gasteiger partial charge in [-0.05, 0) is 59.7 Å². The first-order valence-corrected chi connectivity index (χ1v) is 33.1. The van der Waals surface area contributed by atoms with E-state index in [4.69, 9.17) is 58.1 Å². The highest BCUT2D eigenvalue weighted by atomic mass is 32.1. The minimum Gasteiger partial charge on any atom is -0.441 e. The van der Waals surface area contributed by atoms with E-state index in [2.05, 4.69) is 67.1 Å². The van der Waals surface area contributed by atoms with E-state index in [1.54, 1.807) is 10.8 Å². The van der Waals surface area contributed by atoms with E-state index < -0.39 is 183 Å². The molecule has 6 heterocycles. The van der Waals surface area contributed by atoms with E-state index in [1.165, 1.54) is 50.4 Å². The van der Waals surface area contributed by atoms with Crippen molar-refractivity contribution in [3.8, 4) is 10.7 Å². The van der Waals surface area contributed by atoms with Crippen molar-refractivity contribution in [2.75, 3.05) is 58.2 Å². The third kappa shape index (κ3) is 22.1. The lowest BCUT2D eigenvalue weighted by Crippen LogP contribution is -2.65. The number of hydrogen-bond acceptors (Lipinski definition) is 33. The maximum atomic E-state index is 15.2. The molecule has 2 aliphatic rings. The van der Waals surface area contributed by atoms with Gasteiger partial charge in [0.2, 0.25) is 29.5 Å². The van der Waals surface area contributed by atoms with Gasteiger partial charge in [-0.1, -0.05) is 6.92 Å². The van der Waals surface area contributed by atoms with Gasteiger partial charge in [-0.25, -0.2) is 29.7 Å². The Labute approximate surface area is 573 Å². The van der Waals surface area contributed by atoms with Crippen molar-refractivity contribution in [2.45, 2.75) is 170 Å². The summed E-state index contributed by atoms with van der Waals surface area (Å²) >= 11 is 2.50. The van der Waals surface area contributed by atoms with E-state index in [0.29, 0.717) is 28.8 Å². The van der Waals surface area contributed by atoms with Crippen molar-refractivity contribution in [3.63, 3.8) is 0 Å². The predicted molar refractivity (Wildman–Crippen MR) is 346 cm³/mol. The summed E-state index contributed by atoms with van der Waals surface area (Å²) in [6.07, 6.45) is -22.5. The number of nitrogens with one attached hydrogen (secondary N) is 8. The van der Waals surface area contributed by atoms with Crippen LogP contribution in [0.5, 0.6) is 0 Å².